The fourth-order valence-corrected chi connectivity index (χ4v) is 3.40. The zero-order valence-electron chi connectivity index (χ0n) is 12.4. The molecule has 2 unspecified atom stereocenters. The third-order valence-electron chi connectivity index (χ3n) is 4.37. The summed E-state index contributed by atoms with van der Waals surface area (Å²) in [5.74, 6) is -0.170. The van der Waals surface area contributed by atoms with Crippen molar-refractivity contribution in [2.75, 3.05) is 26.2 Å². The van der Waals surface area contributed by atoms with E-state index in [0.29, 0.717) is 6.54 Å². The van der Waals surface area contributed by atoms with Gasteiger partial charge in [0.2, 0.25) is 5.91 Å². The maximum atomic E-state index is 13.4. The normalized spacial score (nSPS) is 24.8. The summed E-state index contributed by atoms with van der Waals surface area (Å²) < 4.78 is 13.4. The molecule has 1 N–H and O–H groups in total. The minimum absolute atomic E-state index is 0.0935. The highest BCUT2D eigenvalue weighted by atomic mass is 19.1. The van der Waals surface area contributed by atoms with Crippen molar-refractivity contribution < 1.29 is 9.18 Å². The minimum Gasteiger partial charge on any atom is -0.318 e. The number of hydrogen-bond donors (Lipinski definition) is 1. The summed E-state index contributed by atoms with van der Waals surface area (Å²) in [6.45, 7) is 5.52. The number of rotatable bonds is 4. The van der Waals surface area contributed by atoms with Crippen molar-refractivity contribution in [2.24, 2.45) is 0 Å². The Morgan fingerprint density at radius 2 is 2.14 bits per heavy atom. The Morgan fingerprint density at radius 3 is 2.86 bits per heavy atom. The maximum absolute atomic E-state index is 13.4. The van der Waals surface area contributed by atoms with Crippen molar-refractivity contribution in [1.29, 1.82) is 0 Å². The van der Waals surface area contributed by atoms with Gasteiger partial charge in [-0.3, -0.25) is 10.1 Å². The van der Waals surface area contributed by atoms with Crippen LogP contribution < -0.4 is 5.32 Å². The Balaban J connectivity index is 1.75. The molecule has 21 heavy (non-hydrogen) atoms. The molecule has 0 spiro atoms. The second-order valence-electron chi connectivity index (χ2n) is 6.00. The van der Waals surface area contributed by atoms with E-state index in [9.17, 15) is 9.18 Å². The quantitative estimate of drug-likeness (QED) is 0.918. The van der Waals surface area contributed by atoms with Crippen molar-refractivity contribution in [1.82, 2.24) is 15.1 Å². The molecule has 1 aromatic rings. The third kappa shape index (κ3) is 3.09. The highest BCUT2D eigenvalue weighted by Gasteiger charge is 2.35. The molecular weight excluding hydrogens is 269 g/mol. The van der Waals surface area contributed by atoms with Crippen LogP contribution in [-0.2, 0) is 4.79 Å². The van der Waals surface area contributed by atoms with Crippen LogP contribution in [0.15, 0.2) is 24.3 Å². The molecule has 3 rings (SSSR count). The smallest absolute Gasteiger partial charge is 0.238 e. The first kappa shape index (κ1) is 14.5. The number of amides is 1. The van der Waals surface area contributed by atoms with Crippen molar-refractivity contribution in [3.05, 3.63) is 35.6 Å². The number of nitrogens with one attached hydrogen (secondary N) is 1. The van der Waals surface area contributed by atoms with Gasteiger partial charge in [-0.25, -0.2) is 4.39 Å². The second-order valence-corrected chi connectivity index (χ2v) is 6.00. The predicted molar refractivity (Wildman–Crippen MR) is 79.1 cm³/mol. The number of benzene rings is 1. The van der Waals surface area contributed by atoms with Gasteiger partial charge in [0.15, 0.2) is 0 Å². The minimum atomic E-state index is -0.263. The van der Waals surface area contributed by atoms with Crippen LogP contribution in [0.2, 0.25) is 0 Å². The molecule has 0 saturated carbocycles. The number of nitrogens with zero attached hydrogens (tertiary/aromatic N) is 2. The zero-order chi connectivity index (χ0) is 14.8. The largest absolute Gasteiger partial charge is 0.318 e. The van der Waals surface area contributed by atoms with Crippen LogP contribution in [0.1, 0.15) is 31.5 Å². The average Bonchev–Trinajstić information content (AvgIpc) is 3.08. The zero-order valence-corrected chi connectivity index (χ0v) is 12.4. The molecule has 5 heteroatoms. The summed E-state index contributed by atoms with van der Waals surface area (Å²) in [5.41, 5.74) is 0.814. The maximum Gasteiger partial charge on any atom is 0.238 e. The molecule has 2 atom stereocenters. The summed E-state index contributed by atoms with van der Waals surface area (Å²) in [6, 6.07) is 6.62. The van der Waals surface area contributed by atoms with Crippen molar-refractivity contribution >= 4 is 5.91 Å². The number of hydrogen-bond acceptors (Lipinski definition) is 3. The number of likely N-dealkylation sites (tertiary alicyclic amines) is 1. The molecule has 0 bridgehead atoms. The van der Waals surface area contributed by atoms with Gasteiger partial charge in [0.25, 0.3) is 0 Å². The van der Waals surface area contributed by atoms with Crippen molar-refractivity contribution in [3.8, 4) is 0 Å². The van der Waals surface area contributed by atoms with Gasteiger partial charge in [0.05, 0.1) is 6.54 Å². The Kier molecular flexibility index (Phi) is 4.22. The summed E-state index contributed by atoms with van der Waals surface area (Å²) in [6.07, 6.45) is 2.27. The molecular formula is C16H22FN3O. The fraction of sp³-hybridized carbons (Fsp3) is 0.562. The summed E-state index contributed by atoms with van der Waals surface area (Å²) >= 11 is 0. The number of halogens is 1. The molecule has 1 aromatic carbocycles. The van der Waals surface area contributed by atoms with Crippen LogP contribution >= 0.6 is 0 Å². The molecule has 2 aliphatic heterocycles. The molecule has 0 aliphatic carbocycles. The molecule has 2 aliphatic rings. The Labute approximate surface area is 124 Å². The van der Waals surface area contributed by atoms with E-state index in [1.165, 1.54) is 25.0 Å². The summed E-state index contributed by atoms with van der Waals surface area (Å²) in [4.78, 5) is 16.5. The van der Waals surface area contributed by atoms with Crippen molar-refractivity contribution in [2.45, 2.75) is 32.0 Å². The van der Waals surface area contributed by atoms with Gasteiger partial charge in [-0.2, -0.15) is 0 Å². The van der Waals surface area contributed by atoms with Crippen LogP contribution in [0.5, 0.6) is 0 Å². The summed E-state index contributed by atoms with van der Waals surface area (Å²) in [7, 11) is 0. The van der Waals surface area contributed by atoms with Crippen LogP contribution in [0.3, 0.4) is 0 Å². The van der Waals surface area contributed by atoms with E-state index in [1.807, 2.05) is 11.0 Å². The Hall–Kier alpha value is -1.46. The van der Waals surface area contributed by atoms with Crippen LogP contribution in [0.4, 0.5) is 4.39 Å². The first-order valence-electron chi connectivity index (χ1n) is 7.67. The van der Waals surface area contributed by atoms with E-state index in [0.717, 1.165) is 25.2 Å². The van der Waals surface area contributed by atoms with Gasteiger partial charge in [-0.1, -0.05) is 12.1 Å². The van der Waals surface area contributed by atoms with E-state index in [1.54, 1.807) is 6.07 Å². The van der Waals surface area contributed by atoms with Crippen LogP contribution in [-0.4, -0.2) is 47.9 Å². The van der Waals surface area contributed by atoms with E-state index in [2.05, 4.69) is 17.1 Å². The lowest BCUT2D eigenvalue weighted by molar-refractivity contribution is -0.130. The summed E-state index contributed by atoms with van der Waals surface area (Å²) in [5, 5.41) is 3.20. The van der Waals surface area contributed by atoms with E-state index >= 15 is 0 Å². The van der Waals surface area contributed by atoms with Gasteiger partial charge in [0.1, 0.15) is 12.0 Å². The van der Waals surface area contributed by atoms with Gasteiger partial charge in [-0.15, -0.1) is 0 Å². The van der Waals surface area contributed by atoms with E-state index in [-0.39, 0.29) is 23.9 Å². The van der Waals surface area contributed by atoms with Crippen LogP contribution in [0.25, 0.3) is 0 Å². The fourth-order valence-electron chi connectivity index (χ4n) is 3.40. The number of carbonyl (C=O) groups is 1. The molecule has 0 radical (unpaired) electrons. The molecule has 1 amide bonds. The SMILES string of the molecule is CC(CN1CCCC1)N1C(=O)CNC1c1cccc(F)c1. The standard InChI is InChI=1S/C16H22FN3O/c1-12(11-19-7-2-3-8-19)20-15(21)10-18-16(20)13-5-4-6-14(17)9-13/h4-6,9,12,16,18H,2-3,7-8,10-11H2,1H3. The van der Waals surface area contributed by atoms with Gasteiger partial charge >= 0.3 is 0 Å². The average molecular weight is 291 g/mol. The lowest BCUT2D eigenvalue weighted by atomic mass is 10.1. The lowest BCUT2D eigenvalue weighted by Crippen LogP contribution is -2.44. The first-order valence-corrected chi connectivity index (χ1v) is 7.67. The number of carbonyl (C=O) groups excluding carboxylic acids is 1. The van der Waals surface area contributed by atoms with Gasteiger partial charge < -0.3 is 9.80 Å². The predicted octanol–water partition coefficient (Wildman–Crippen LogP) is 1.74. The molecule has 4 nitrogen and oxygen atoms in total. The first-order chi connectivity index (χ1) is 10.1. The van der Waals surface area contributed by atoms with Gasteiger partial charge in [-0.05, 0) is 50.6 Å². The Bertz CT molecular complexity index is 516. The highest BCUT2D eigenvalue weighted by molar-refractivity contribution is 5.81. The van der Waals surface area contributed by atoms with E-state index < -0.39 is 0 Å². The Morgan fingerprint density at radius 1 is 1.38 bits per heavy atom. The molecule has 0 aromatic heterocycles. The van der Waals surface area contributed by atoms with E-state index in [4.69, 9.17) is 0 Å². The van der Waals surface area contributed by atoms with Gasteiger partial charge in [0, 0.05) is 12.6 Å². The van der Waals surface area contributed by atoms with Crippen molar-refractivity contribution in [3.63, 3.8) is 0 Å². The topological polar surface area (TPSA) is 35.6 Å². The monoisotopic (exact) mass is 291 g/mol. The molecule has 2 heterocycles. The molecule has 2 fully saturated rings. The lowest BCUT2D eigenvalue weighted by Gasteiger charge is -2.33. The highest BCUT2D eigenvalue weighted by Crippen LogP contribution is 2.26. The molecule has 2 saturated heterocycles. The second kappa shape index (κ2) is 6.12. The van der Waals surface area contributed by atoms with Crippen LogP contribution in [0, 0.1) is 5.82 Å². The molecule has 114 valence electrons. The third-order valence-corrected chi connectivity index (χ3v) is 4.37.